The fourth-order valence-corrected chi connectivity index (χ4v) is 5.95. The number of nitrogens with zero attached hydrogens (tertiary/aromatic N) is 2. The number of aromatic nitrogens is 2. The van der Waals surface area contributed by atoms with Crippen LogP contribution in [0.3, 0.4) is 0 Å². The smallest absolute Gasteiger partial charge is 0.475 e. The molecule has 4 aromatic rings. The first-order valence-electron chi connectivity index (χ1n) is 13.2. The number of hydrogen-bond donors (Lipinski definition) is 3. The van der Waals surface area contributed by atoms with E-state index in [4.69, 9.17) is 9.90 Å². The van der Waals surface area contributed by atoms with Crippen molar-refractivity contribution >= 4 is 40.6 Å². The number of amides is 1. The van der Waals surface area contributed by atoms with Crippen molar-refractivity contribution in [3.8, 4) is 0 Å². The Morgan fingerprint density at radius 2 is 1.88 bits per heavy atom. The molecular formula is C31H27F3N4O3. The molecule has 3 aromatic carbocycles. The number of carboxylic acids is 1. The zero-order chi connectivity index (χ0) is 28.9. The second-order valence-electron chi connectivity index (χ2n) is 10.8. The maximum Gasteiger partial charge on any atom is 0.490 e. The van der Waals surface area contributed by atoms with E-state index in [0.29, 0.717) is 0 Å². The first-order chi connectivity index (χ1) is 19.6. The largest absolute Gasteiger partial charge is 0.490 e. The van der Waals surface area contributed by atoms with Crippen molar-refractivity contribution in [1.82, 2.24) is 15.1 Å². The van der Waals surface area contributed by atoms with Crippen molar-refractivity contribution < 1.29 is 27.9 Å². The van der Waals surface area contributed by atoms with Crippen LogP contribution in [0.2, 0.25) is 0 Å². The Balaban J connectivity index is 0.000000387. The molecule has 0 radical (unpaired) electrons. The molecule has 1 spiro atoms. The number of aromatic amines is 1. The van der Waals surface area contributed by atoms with Crippen LogP contribution in [0, 0.1) is 0 Å². The molecule has 41 heavy (non-hydrogen) atoms. The second kappa shape index (κ2) is 9.88. The molecule has 1 saturated carbocycles. The summed E-state index contributed by atoms with van der Waals surface area (Å²) >= 11 is 0. The molecule has 2 aliphatic heterocycles. The minimum atomic E-state index is -5.08. The molecule has 1 fully saturated rings. The van der Waals surface area contributed by atoms with Gasteiger partial charge in [0.05, 0.1) is 16.6 Å². The van der Waals surface area contributed by atoms with Gasteiger partial charge in [0.25, 0.3) is 0 Å². The number of carboxylic acid groups (broad SMARTS) is 1. The second-order valence-corrected chi connectivity index (χ2v) is 10.8. The van der Waals surface area contributed by atoms with Crippen molar-refractivity contribution in [3.05, 3.63) is 94.2 Å². The van der Waals surface area contributed by atoms with E-state index in [1.807, 2.05) is 18.2 Å². The maximum absolute atomic E-state index is 12.8. The number of hydrogen-bond acceptors (Lipinski definition) is 4. The molecule has 1 aliphatic carbocycles. The highest BCUT2D eigenvalue weighted by atomic mass is 19.4. The van der Waals surface area contributed by atoms with Gasteiger partial charge in [0.15, 0.2) is 0 Å². The van der Waals surface area contributed by atoms with Gasteiger partial charge < -0.3 is 15.3 Å². The average Bonchev–Trinajstić information content (AvgIpc) is 3.47. The summed E-state index contributed by atoms with van der Waals surface area (Å²) in [6, 6.07) is 21.3. The summed E-state index contributed by atoms with van der Waals surface area (Å²) in [5, 5.41) is 19.1. The molecule has 7 rings (SSSR count). The fourth-order valence-electron chi connectivity index (χ4n) is 5.95. The van der Waals surface area contributed by atoms with Crippen LogP contribution in [0.15, 0.2) is 60.7 Å². The van der Waals surface area contributed by atoms with Crippen molar-refractivity contribution in [1.29, 1.82) is 0 Å². The van der Waals surface area contributed by atoms with Gasteiger partial charge in [0.1, 0.15) is 0 Å². The zero-order valence-corrected chi connectivity index (χ0v) is 22.1. The number of para-hydroxylation sites is 1. The van der Waals surface area contributed by atoms with Crippen LogP contribution in [-0.2, 0) is 28.0 Å². The number of carbonyl (C=O) groups is 2. The molecule has 1 aromatic heterocycles. The van der Waals surface area contributed by atoms with Gasteiger partial charge in [-0.25, -0.2) is 4.79 Å². The van der Waals surface area contributed by atoms with Gasteiger partial charge >= 0.3 is 12.1 Å². The summed E-state index contributed by atoms with van der Waals surface area (Å²) in [5.74, 6) is -2.42. The van der Waals surface area contributed by atoms with Crippen molar-refractivity contribution in [3.63, 3.8) is 0 Å². The summed E-state index contributed by atoms with van der Waals surface area (Å²) in [6.07, 6.45) is 1.12. The van der Waals surface area contributed by atoms with Crippen LogP contribution in [0.4, 0.5) is 18.9 Å². The number of likely N-dealkylation sites (N-methyl/N-ethyl adjacent to an activating group) is 1. The van der Waals surface area contributed by atoms with E-state index in [1.54, 1.807) is 0 Å². The normalized spacial score (nSPS) is 21.4. The highest BCUT2D eigenvalue weighted by molar-refractivity contribution is 6.09. The lowest BCUT2D eigenvalue weighted by Crippen LogP contribution is -2.26. The van der Waals surface area contributed by atoms with E-state index in [-0.39, 0.29) is 11.8 Å². The van der Waals surface area contributed by atoms with E-state index in [1.165, 1.54) is 22.3 Å². The van der Waals surface area contributed by atoms with Crippen LogP contribution in [0.25, 0.3) is 23.1 Å². The van der Waals surface area contributed by atoms with E-state index in [0.717, 1.165) is 53.8 Å². The number of carbonyl (C=O) groups excluding carboxylic acids is 1. The molecule has 2 atom stereocenters. The van der Waals surface area contributed by atoms with E-state index < -0.39 is 17.6 Å². The molecule has 1 amide bonds. The fraction of sp³-hybridized carbons (Fsp3) is 0.258. The Morgan fingerprint density at radius 3 is 2.66 bits per heavy atom. The van der Waals surface area contributed by atoms with Crippen LogP contribution >= 0.6 is 0 Å². The van der Waals surface area contributed by atoms with Gasteiger partial charge in [-0.1, -0.05) is 54.6 Å². The Hall–Kier alpha value is -4.44. The molecule has 0 saturated heterocycles. The predicted molar refractivity (Wildman–Crippen MR) is 149 cm³/mol. The lowest BCUT2D eigenvalue weighted by atomic mass is 9.92. The lowest BCUT2D eigenvalue weighted by molar-refractivity contribution is -0.192. The number of nitrogens with one attached hydrogen (secondary N) is 2. The van der Waals surface area contributed by atoms with Crippen LogP contribution in [0.5, 0.6) is 0 Å². The number of halogens is 3. The third kappa shape index (κ3) is 4.88. The van der Waals surface area contributed by atoms with Crippen molar-refractivity contribution in [2.75, 3.05) is 18.9 Å². The monoisotopic (exact) mass is 560 g/mol. The summed E-state index contributed by atoms with van der Waals surface area (Å²) in [6.45, 7) is 2.14. The van der Waals surface area contributed by atoms with Crippen LogP contribution in [0.1, 0.15) is 45.8 Å². The van der Waals surface area contributed by atoms with Crippen LogP contribution < -0.4 is 5.32 Å². The molecule has 3 heterocycles. The number of H-pyrrole nitrogens is 1. The first-order valence-corrected chi connectivity index (χ1v) is 13.2. The highest BCUT2D eigenvalue weighted by Gasteiger charge is 2.65. The SMILES string of the molecule is CN1CCc2cc(C=Cc3n[nH]c4cc([C@@H]5C[C@@]56C(=O)Nc5ccccc56)ccc34)ccc2C1.O=C(O)C(F)(F)F. The quantitative estimate of drug-likeness (QED) is 0.297. The van der Waals surface area contributed by atoms with E-state index in [2.05, 4.69) is 82.1 Å². The Labute approximate surface area is 233 Å². The molecule has 0 unspecified atom stereocenters. The van der Waals surface area contributed by atoms with Gasteiger partial charge in [-0.05, 0) is 65.9 Å². The van der Waals surface area contributed by atoms with E-state index in [9.17, 15) is 18.0 Å². The Kier molecular flexibility index (Phi) is 6.45. The number of fused-ring (bicyclic) bond motifs is 4. The molecule has 10 heteroatoms. The number of anilines is 1. The van der Waals surface area contributed by atoms with Gasteiger partial charge in [-0.15, -0.1) is 0 Å². The third-order valence-electron chi connectivity index (χ3n) is 8.15. The first kappa shape index (κ1) is 26.8. The molecule has 210 valence electrons. The molecule has 7 nitrogen and oxygen atoms in total. The molecular weight excluding hydrogens is 533 g/mol. The number of rotatable bonds is 3. The molecule has 3 aliphatic rings. The minimum absolute atomic E-state index is 0.128. The predicted octanol–water partition coefficient (Wildman–Crippen LogP) is 5.73. The highest BCUT2D eigenvalue weighted by Crippen LogP contribution is 2.65. The van der Waals surface area contributed by atoms with Gasteiger partial charge in [0, 0.05) is 30.1 Å². The summed E-state index contributed by atoms with van der Waals surface area (Å²) in [4.78, 5) is 24.1. The molecule has 3 N–H and O–H groups in total. The van der Waals surface area contributed by atoms with Gasteiger partial charge in [0.2, 0.25) is 5.91 Å². The molecule has 0 bridgehead atoms. The summed E-state index contributed by atoms with van der Waals surface area (Å²) in [7, 11) is 2.18. The topological polar surface area (TPSA) is 98.3 Å². The van der Waals surface area contributed by atoms with Crippen molar-refractivity contribution in [2.45, 2.75) is 36.9 Å². The standard InChI is InChI=1S/C29H26N4O.C2HF3O2/c1-33-13-12-19-14-18(6-8-21(19)17-33)7-11-25-22-10-9-20(15-27(22)32-31-25)24-16-29(24)23-4-2-3-5-26(23)30-28(29)34;3-2(4,5)1(6)7/h2-11,14-15,24H,12-13,16-17H2,1H3,(H,30,34)(H,31,32);(H,6,7)/t24-,29-;/m0./s1. The Morgan fingerprint density at radius 1 is 1.10 bits per heavy atom. The zero-order valence-electron chi connectivity index (χ0n) is 22.1. The number of aliphatic carboxylic acids is 1. The summed E-state index contributed by atoms with van der Waals surface area (Å²) < 4.78 is 31.7. The number of alkyl halides is 3. The summed E-state index contributed by atoms with van der Waals surface area (Å²) in [5.41, 5.74) is 8.92. The van der Waals surface area contributed by atoms with Gasteiger partial charge in [-0.2, -0.15) is 18.3 Å². The van der Waals surface area contributed by atoms with Crippen molar-refractivity contribution in [2.24, 2.45) is 0 Å². The maximum atomic E-state index is 12.8. The lowest BCUT2D eigenvalue weighted by Gasteiger charge is -2.25. The van der Waals surface area contributed by atoms with Gasteiger partial charge in [-0.3, -0.25) is 9.89 Å². The third-order valence-corrected chi connectivity index (χ3v) is 8.15. The van der Waals surface area contributed by atoms with E-state index >= 15 is 0 Å². The van der Waals surface area contributed by atoms with Crippen LogP contribution in [-0.4, -0.2) is 51.8 Å². The average molecular weight is 561 g/mol. The number of benzene rings is 3. The Bertz CT molecular complexity index is 1710. The minimum Gasteiger partial charge on any atom is -0.475 e.